The van der Waals surface area contributed by atoms with Crippen LogP contribution < -0.4 is 0 Å². The van der Waals surface area contributed by atoms with Crippen molar-refractivity contribution < 1.29 is 9.47 Å². The molecule has 0 aliphatic carbocycles. The lowest BCUT2D eigenvalue weighted by molar-refractivity contribution is 0.0370. The number of pyridine rings is 1. The van der Waals surface area contributed by atoms with Gasteiger partial charge in [-0.1, -0.05) is 12.1 Å². The van der Waals surface area contributed by atoms with Gasteiger partial charge in [-0.15, -0.1) is 0 Å². The number of hydrogen-bond acceptors (Lipinski definition) is 4. The molecule has 5 heteroatoms. The second-order valence-electron chi connectivity index (χ2n) is 6.64. The van der Waals surface area contributed by atoms with E-state index in [1.54, 1.807) is 7.11 Å². The molecule has 1 aliphatic rings. The zero-order valence-electron chi connectivity index (χ0n) is 14.8. The summed E-state index contributed by atoms with van der Waals surface area (Å²) in [5.74, 6) is 0. The Morgan fingerprint density at radius 2 is 1.92 bits per heavy atom. The van der Waals surface area contributed by atoms with Crippen molar-refractivity contribution in [1.82, 2.24) is 14.5 Å². The van der Waals surface area contributed by atoms with Crippen LogP contribution >= 0.6 is 0 Å². The van der Waals surface area contributed by atoms with Gasteiger partial charge in [0, 0.05) is 55.8 Å². The van der Waals surface area contributed by atoms with Gasteiger partial charge in [0.05, 0.1) is 31.5 Å². The maximum absolute atomic E-state index is 5.44. The van der Waals surface area contributed by atoms with Crippen LogP contribution in [0.4, 0.5) is 0 Å². The number of methoxy groups -OCH3 is 1. The highest BCUT2D eigenvalue weighted by molar-refractivity contribution is 6.07. The van der Waals surface area contributed by atoms with Crippen molar-refractivity contribution in [2.24, 2.45) is 0 Å². The van der Waals surface area contributed by atoms with Crippen LogP contribution in [0.3, 0.4) is 0 Å². The summed E-state index contributed by atoms with van der Waals surface area (Å²) in [5, 5.41) is 2.57. The van der Waals surface area contributed by atoms with Crippen LogP contribution in [0, 0.1) is 0 Å². The molecular formula is C20H25N3O2. The maximum Gasteiger partial charge on any atom is 0.0713 e. The summed E-state index contributed by atoms with van der Waals surface area (Å²) in [6.07, 6.45) is 4.99. The molecule has 25 heavy (non-hydrogen) atoms. The highest BCUT2D eigenvalue weighted by Gasteiger charge is 2.13. The first-order valence-electron chi connectivity index (χ1n) is 9.01. The van der Waals surface area contributed by atoms with Crippen molar-refractivity contribution >= 4 is 21.8 Å². The van der Waals surface area contributed by atoms with Crippen LogP contribution in [0.5, 0.6) is 0 Å². The first-order valence-corrected chi connectivity index (χ1v) is 9.01. The molecule has 0 atom stereocenters. The lowest BCUT2D eigenvalue weighted by atomic mass is 10.1. The minimum absolute atomic E-state index is 0.642. The van der Waals surface area contributed by atoms with E-state index in [0.717, 1.165) is 45.8 Å². The molecule has 0 unspecified atom stereocenters. The number of hydrogen-bond donors (Lipinski definition) is 0. The van der Waals surface area contributed by atoms with E-state index in [-0.39, 0.29) is 0 Å². The number of fused-ring (bicyclic) bond motifs is 3. The van der Waals surface area contributed by atoms with Gasteiger partial charge in [-0.2, -0.15) is 0 Å². The van der Waals surface area contributed by atoms with E-state index in [1.807, 2.05) is 12.4 Å². The van der Waals surface area contributed by atoms with Gasteiger partial charge in [0.1, 0.15) is 0 Å². The van der Waals surface area contributed by atoms with Crippen LogP contribution in [-0.4, -0.2) is 54.4 Å². The summed E-state index contributed by atoms with van der Waals surface area (Å²) in [6, 6.07) is 8.74. The zero-order valence-corrected chi connectivity index (χ0v) is 14.8. The highest BCUT2D eigenvalue weighted by Crippen LogP contribution is 2.29. The predicted octanol–water partition coefficient (Wildman–Crippen LogP) is 3.06. The van der Waals surface area contributed by atoms with Crippen LogP contribution in [-0.2, 0) is 22.6 Å². The molecule has 1 aliphatic heterocycles. The normalized spacial score (nSPS) is 16.0. The Morgan fingerprint density at radius 3 is 2.76 bits per heavy atom. The molecule has 5 nitrogen and oxygen atoms in total. The molecule has 4 rings (SSSR count). The van der Waals surface area contributed by atoms with E-state index in [9.17, 15) is 0 Å². The molecule has 132 valence electrons. The van der Waals surface area contributed by atoms with Crippen molar-refractivity contribution in [3.63, 3.8) is 0 Å². The fourth-order valence-electron chi connectivity index (χ4n) is 3.76. The minimum atomic E-state index is 0.642. The maximum atomic E-state index is 5.44. The third kappa shape index (κ3) is 3.40. The number of nitrogens with zero attached hydrogens (tertiary/aromatic N) is 3. The van der Waals surface area contributed by atoms with Gasteiger partial charge >= 0.3 is 0 Å². The molecule has 0 saturated carbocycles. The number of rotatable bonds is 6. The molecule has 1 saturated heterocycles. The van der Waals surface area contributed by atoms with Crippen molar-refractivity contribution in [3.8, 4) is 0 Å². The Bertz CT molecular complexity index is 853. The Labute approximate surface area is 148 Å². The van der Waals surface area contributed by atoms with E-state index in [0.29, 0.717) is 6.61 Å². The highest BCUT2D eigenvalue weighted by atomic mass is 16.5. The fraction of sp³-hybridized carbons (Fsp3) is 0.450. The Balaban J connectivity index is 1.63. The van der Waals surface area contributed by atoms with E-state index in [1.165, 1.54) is 27.4 Å². The summed E-state index contributed by atoms with van der Waals surface area (Å²) in [4.78, 5) is 6.85. The lowest BCUT2D eigenvalue weighted by Crippen LogP contribution is -2.37. The molecule has 3 heterocycles. The second kappa shape index (κ2) is 7.52. The van der Waals surface area contributed by atoms with E-state index in [4.69, 9.17) is 9.47 Å². The average molecular weight is 339 g/mol. The summed E-state index contributed by atoms with van der Waals surface area (Å²) < 4.78 is 13.2. The Morgan fingerprint density at radius 1 is 1.08 bits per heavy atom. The molecule has 0 spiro atoms. The zero-order chi connectivity index (χ0) is 17.1. The molecular weight excluding hydrogens is 314 g/mol. The van der Waals surface area contributed by atoms with Crippen LogP contribution in [0.2, 0.25) is 0 Å². The van der Waals surface area contributed by atoms with Crippen molar-refractivity contribution in [1.29, 1.82) is 0 Å². The Hall–Kier alpha value is -1.95. The molecule has 0 amide bonds. The number of benzene rings is 1. The van der Waals surface area contributed by atoms with Crippen molar-refractivity contribution in [3.05, 3.63) is 42.2 Å². The number of aryl methyl sites for hydroxylation is 1. The molecule has 0 N–H and O–H groups in total. The molecule has 0 bridgehead atoms. The minimum Gasteiger partial charge on any atom is -0.380 e. The summed E-state index contributed by atoms with van der Waals surface area (Å²) in [5.41, 5.74) is 3.70. The lowest BCUT2D eigenvalue weighted by Gasteiger charge is -2.26. The van der Waals surface area contributed by atoms with Gasteiger partial charge < -0.3 is 14.0 Å². The summed E-state index contributed by atoms with van der Waals surface area (Å²) in [6.45, 7) is 6.57. The van der Waals surface area contributed by atoms with Gasteiger partial charge in [0.25, 0.3) is 0 Å². The van der Waals surface area contributed by atoms with Gasteiger partial charge in [-0.05, 0) is 24.1 Å². The molecule has 2 aromatic heterocycles. The number of ether oxygens (including phenoxy) is 2. The smallest absolute Gasteiger partial charge is 0.0713 e. The Kier molecular flexibility index (Phi) is 4.97. The van der Waals surface area contributed by atoms with Gasteiger partial charge in [0.2, 0.25) is 0 Å². The second-order valence-corrected chi connectivity index (χ2v) is 6.64. The first kappa shape index (κ1) is 16.5. The molecule has 3 aromatic rings. The quantitative estimate of drug-likeness (QED) is 0.692. The van der Waals surface area contributed by atoms with E-state index < -0.39 is 0 Å². The monoisotopic (exact) mass is 339 g/mol. The van der Waals surface area contributed by atoms with Crippen molar-refractivity contribution in [2.75, 3.05) is 40.0 Å². The van der Waals surface area contributed by atoms with Crippen LogP contribution in [0.15, 0.2) is 36.7 Å². The van der Waals surface area contributed by atoms with E-state index >= 15 is 0 Å². The standard InChI is InChI=1S/C20H25N3O2/c1-24-15-16-3-4-17-18-5-6-21-14-20(18)23(19(17)13-16)8-2-7-22-9-11-25-12-10-22/h3-6,13-14H,2,7-12,15H2,1H3. The van der Waals surface area contributed by atoms with E-state index in [2.05, 4.69) is 38.7 Å². The third-order valence-corrected chi connectivity index (χ3v) is 5.00. The average Bonchev–Trinajstić information content (AvgIpc) is 2.97. The largest absolute Gasteiger partial charge is 0.380 e. The van der Waals surface area contributed by atoms with Gasteiger partial charge in [0.15, 0.2) is 0 Å². The predicted molar refractivity (Wildman–Crippen MR) is 99.8 cm³/mol. The summed E-state index contributed by atoms with van der Waals surface area (Å²) in [7, 11) is 1.74. The SMILES string of the molecule is COCc1ccc2c3ccncc3n(CCCN3CCOCC3)c2c1. The summed E-state index contributed by atoms with van der Waals surface area (Å²) >= 11 is 0. The number of aromatic nitrogens is 2. The fourth-order valence-corrected chi connectivity index (χ4v) is 3.76. The first-order chi connectivity index (χ1) is 12.4. The molecule has 1 fully saturated rings. The van der Waals surface area contributed by atoms with Crippen LogP contribution in [0.1, 0.15) is 12.0 Å². The topological polar surface area (TPSA) is 39.5 Å². The number of morpholine rings is 1. The molecule has 1 aromatic carbocycles. The molecule has 0 radical (unpaired) electrons. The van der Waals surface area contributed by atoms with Crippen molar-refractivity contribution in [2.45, 2.75) is 19.6 Å². The van der Waals surface area contributed by atoms with Crippen LogP contribution in [0.25, 0.3) is 21.8 Å². The third-order valence-electron chi connectivity index (χ3n) is 5.00. The van der Waals surface area contributed by atoms with Gasteiger partial charge in [-0.3, -0.25) is 9.88 Å². The van der Waals surface area contributed by atoms with Gasteiger partial charge in [-0.25, -0.2) is 0 Å².